The minimum absolute atomic E-state index is 0.0203. The fourth-order valence-corrected chi connectivity index (χ4v) is 2.21. The molecule has 0 aliphatic carbocycles. The Bertz CT molecular complexity index is 747. The zero-order chi connectivity index (χ0) is 16.1. The van der Waals surface area contributed by atoms with Crippen molar-refractivity contribution in [3.8, 4) is 11.8 Å². The molecule has 22 heavy (non-hydrogen) atoms. The molecule has 0 atom stereocenters. The average molecular weight is 316 g/mol. The van der Waals surface area contributed by atoms with Crippen LogP contribution >= 0.6 is 11.6 Å². The van der Waals surface area contributed by atoms with E-state index in [1.807, 2.05) is 19.9 Å². The Kier molecular flexibility index (Phi) is 5.19. The van der Waals surface area contributed by atoms with Crippen LogP contribution in [-0.4, -0.2) is 6.10 Å². The highest BCUT2D eigenvalue weighted by Gasteiger charge is 2.08. The summed E-state index contributed by atoms with van der Waals surface area (Å²) in [6.07, 6.45) is 1.62. The molecule has 0 aliphatic rings. The molecule has 2 aromatic carbocycles. The number of halogens is 2. The van der Waals surface area contributed by atoms with E-state index in [1.54, 1.807) is 42.5 Å². The highest BCUT2D eigenvalue weighted by Crippen LogP contribution is 2.28. The SMILES string of the molecule is CC(C)Oc1ccc(C=C(C#N)c2ccccc2F)cc1Cl. The number of allylic oxidation sites excluding steroid dienone is 1. The minimum atomic E-state index is -0.429. The minimum Gasteiger partial charge on any atom is -0.489 e. The molecule has 0 bridgehead atoms. The second-order valence-corrected chi connectivity index (χ2v) is 5.41. The van der Waals surface area contributed by atoms with Gasteiger partial charge in [-0.2, -0.15) is 5.26 Å². The van der Waals surface area contributed by atoms with Gasteiger partial charge in [-0.15, -0.1) is 0 Å². The van der Waals surface area contributed by atoms with Gasteiger partial charge >= 0.3 is 0 Å². The predicted molar refractivity (Wildman–Crippen MR) is 87.1 cm³/mol. The second kappa shape index (κ2) is 7.11. The maximum Gasteiger partial charge on any atom is 0.138 e. The third-order valence-electron chi connectivity index (χ3n) is 2.91. The summed E-state index contributed by atoms with van der Waals surface area (Å²) in [5, 5.41) is 9.72. The normalized spacial score (nSPS) is 11.4. The van der Waals surface area contributed by atoms with Gasteiger partial charge in [-0.05, 0) is 43.7 Å². The predicted octanol–water partition coefficient (Wildman–Crippen LogP) is 5.33. The Hall–Kier alpha value is -2.31. The zero-order valence-corrected chi connectivity index (χ0v) is 13.1. The van der Waals surface area contributed by atoms with Crippen molar-refractivity contribution in [1.29, 1.82) is 5.26 Å². The lowest BCUT2D eigenvalue weighted by Gasteiger charge is -2.11. The number of ether oxygens (including phenoxy) is 1. The van der Waals surface area contributed by atoms with Crippen molar-refractivity contribution in [1.82, 2.24) is 0 Å². The lowest BCUT2D eigenvalue weighted by molar-refractivity contribution is 0.242. The number of benzene rings is 2. The topological polar surface area (TPSA) is 33.0 Å². The first kappa shape index (κ1) is 16.1. The number of rotatable bonds is 4. The van der Waals surface area contributed by atoms with Gasteiger partial charge in [-0.3, -0.25) is 0 Å². The van der Waals surface area contributed by atoms with E-state index in [0.717, 1.165) is 0 Å². The second-order valence-electron chi connectivity index (χ2n) is 5.01. The summed E-state index contributed by atoms with van der Waals surface area (Å²) < 4.78 is 19.3. The van der Waals surface area contributed by atoms with Crippen molar-refractivity contribution in [2.24, 2.45) is 0 Å². The number of nitrogens with zero attached hydrogens (tertiary/aromatic N) is 1. The Morgan fingerprint density at radius 1 is 1.27 bits per heavy atom. The molecular weight excluding hydrogens is 301 g/mol. The number of nitriles is 1. The number of hydrogen-bond acceptors (Lipinski definition) is 2. The molecule has 0 N–H and O–H groups in total. The lowest BCUT2D eigenvalue weighted by Crippen LogP contribution is -2.05. The first-order chi connectivity index (χ1) is 10.5. The summed E-state index contributed by atoms with van der Waals surface area (Å²) >= 11 is 6.17. The van der Waals surface area contributed by atoms with Crippen molar-refractivity contribution < 1.29 is 9.13 Å². The summed E-state index contributed by atoms with van der Waals surface area (Å²) in [5.41, 5.74) is 1.22. The molecule has 0 aromatic heterocycles. The van der Waals surface area contributed by atoms with E-state index in [2.05, 4.69) is 0 Å². The van der Waals surface area contributed by atoms with Gasteiger partial charge < -0.3 is 4.74 Å². The number of hydrogen-bond donors (Lipinski definition) is 0. The molecule has 2 nitrogen and oxygen atoms in total. The molecule has 0 fully saturated rings. The Morgan fingerprint density at radius 3 is 2.59 bits per heavy atom. The van der Waals surface area contributed by atoms with E-state index in [4.69, 9.17) is 16.3 Å². The molecule has 2 aromatic rings. The van der Waals surface area contributed by atoms with Crippen LogP contribution < -0.4 is 4.74 Å². The monoisotopic (exact) mass is 315 g/mol. The zero-order valence-electron chi connectivity index (χ0n) is 12.3. The fraction of sp³-hybridized carbons (Fsp3) is 0.167. The highest BCUT2D eigenvalue weighted by atomic mass is 35.5. The first-order valence-corrected chi connectivity index (χ1v) is 7.22. The van der Waals surface area contributed by atoms with Crippen molar-refractivity contribution in [2.45, 2.75) is 20.0 Å². The van der Waals surface area contributed by atoms with Crippen LogP contribution in [0.3, 0.4) is 0 Å². The van der Waals surface area contributed by atoms with Crippen molar-refractivity contribution in [2.75, 3.05) is 0 Å². The molecule has 0 amide bonds. The van der Waals surface area contributed by atoms with Crippen molar-refractivity contribution >= 4 is 23.3 Å². The largest absolute Gasteiger partial charge is 0.489 e. The smallest absolute Gasteiger partial charge is 0.138 e. The van der Waals surface area contributed by atoms with Crippen molar-refractivity contribution in [3.05, 3.63) is 64.4 Å². The standard InChI is InChI=1S/C18H15ClFNO/c1-12(2)22-18-8-7-13(10-16(18)19)9-14(11-21)15-5-3-4-6-17(15)20/h3-10,12H,1-2H3. The summed E-state index contributed by atoms with van der Waals surface area (Å²) in [7, 11) is 0. The van der Waals surface area contributed by atoms with Gasteiger partial charge in [0.25, 0.3) is 0 Å². The van der Waals surface area contributed by atoms with Crippen LogP contribution in [0.4, 0.5) is 4.39 Å². The third-order valence-corrected chi connectivity index (χ3v) is 3.21. The third kappa shape index (κ3) is 3.87. The molecule has 2 rings (SSSR count). The molecule has 0 spiro atoms. The molecule has 112 valence electrons. The van der Waals surface area contributed by atoms with E-state index in [-0.39, 0.29) is 17.2 Å². The van der Waals surface area contributed by atoms with Gasteiger partial charge in [-0.25, -0.2) is 4.39 Å². The maximum atomic E-state index is 13.8. The summed E-state index contributed by atoms with van der Waals surface area (Å²) in [6, 6.07) is 13.4. The van der Waals surface area contributed by atoms with Crippen LogP contribution in [0.25, 0.3) is 11.6 Å². The molecule has 4 heteroatoms. The van der Waals surface area contributed by atoms with Crippen LogP contribution in [0.15, 0.2) is 42.5 Å². The summed E-state index contributed by atoms with van der Waals surface area (Å²) in [5.74, 6) is 0.152. The van der Waals surface area contributed by atoms with Crippen LogP contribution in [-0.2, 0) is 0 Å². The Labute approximate surface area is 134 Å². The van der Waals surface area contributed by atoms with E-state index in [9.17, 15) is 9.65 Å². The summed E-state index contributed by atoms with van der Waals surface area (Å²) in [4.78, 5) is 0. The Balaban J connectivity index is 2.37. The van der Waals surface area contributed by atoms with E-state index in [1.165, 1.54) is 6.07 Å². The lowest BCUT2D eigenvalue weighted by atomic mass is 10.0. The Morgan fingerprint density at radius 2 is 2.00 bits per heavy atom. The van der Waals surface area contributed by atoms with Gasteiger partial charge in [0.05, 0.1) is 22.8 Å². The molecule has 0 aliphatic heterocycles. The van der Waals surface area contributed by atoms with Gasteiger partial charge in [0.2, 0.25) is 0 Å². The van der Waals surface area contributed by atoms with E-state index in [0.29, 0.717) is 16.3 Å². The molecule has 0 unspecified atom stereocenters. The van der Waals surface area contributed by atoms with Crippen LogP contribution in [0.5, 0.6) is 5.75 Å². The highest BCUT2D eigenvalue weighted by molar-refractivity contribution is 6.32. The van der Waals surface area contributed by atoms with Gasteiger partial charge in [0.15, 0.2) is 0 Å². The fourth-order valence-electron chi connectivity index (χ4n) is 1.97. The van der Waals surface area contributed by atoms with E-state index >= 15 is 0 Å². The average Bonchev–Trinajstić information content (AvgIpc) is 2.48. The molecule has 0 radical (unpaired) electrons. The molecular formula is C18H15ClFNO. The van der Waals surface area contributed by atoms with Gasteiger partial charge in [0, 0.05) is 5.56 Å². The van der Waals surface area contributed by atoms with Gasteiger partial charge in [-0.1, -0.05) is 35.9 Å². The summed E-state index contributed by atoms with van der Waals surface area (Å²) in [6.45, 7) is 3.83. The van der Waals surface area contributed by atoms with Crippen molar-refractivity contribution in [3.63, 3.8) is 0 Å². The van der Waals surface area contributed by atoms with E-state index < -0.39 is 5.82 Å². The van der Waals surface area contributed by atoms with Crippen LogP contribution in [0, 0.1) is 17.1 Å². The maximum absolute atomic E-state index is 13.8. The molecule has 0 heterocycles. The quantitative estimate of drug-likeness (QED) is 0.564. The first-order valence-electron chi connectivity index (χ1n) is 6.84. The van der Waals surface area contributed by atoms with Gasteiger partial charge in [0.1, 0.15) is 11.6 Å². The molecule has 0 saturated heterocycles. The van der Waals surface area contributed by atoms with Crippen LogP contribution in [0.1, 0.15) is 25.0 Å². The van der Waals surface area contributed by atoms with Crippen LogP contribution in [0.2, 0.25) is 5.02 Å². The molecule has 0 saturated carbocycles.